The van der Waals surface area contributed by atoms with Crippen LogP contribution in [-0.2, 0) is 0 Å². The third kappa shape index (κ3) is 3.46. The molecule has 0 saturated heterocycles. The van der Waals surface area contributed by atoms with E-state index in [0.29, 0.717) is 5.02 Å². The standard InChI is InChI=1S/C13H9Cl2N3O2/c14-9-5-4-8(7-10(9)15)12(19)17-18-13(20)11-3-1-2-6-16-11/h1-7H,(H,17,19)(H,18,20). The second kappa shape index (κ2) is 6.36. The third-order valence-corrected chi connectivity index (χ3v) is 3.11. The minimum absolute atomic E-state index is 0.196. The van der Waals surface area contributed by atoms with Crippen LogP contribution >= 0.6 is 23.2 Å². The van der Waals surface area contributed by atoms with E-state index in [2.05, 4.69) is 15.8 Å². The second-order valence-electron chi connectivity index (χ2n) is 3.75. The van der Waals surface area contributed by atoms with Gasteiger partial charge in [0.1, 0.15) is 5.69 Å². The molecule has 2 amide bonds. The summed E-state index contributed by atoms with van der Waals surface area (Å²) in [6.07, 6.45) is 1.48. The van der Waals surface area contributed by atoms with Crippen molar-refractivity contribution in [3.8, 4) is 0 Å². The lowest BCUT2D eigenvalue weighted by atomic mass is 10.2. The largest absolute Gasteiger partial charge is 0.288 e. The summed E-state index contributed by atoms with van der Waals surface area (Å²) in [7, 11) is 0. The van der Waals surface area contributed by atoms with Crippen molar-refractivity contribution in [2.75, 3.05) is 0 Å². The molecular weight excluding hydrogens is 301 g/mol. The van der Waals surface area contributed by atoms with Crippen LogP contribution in [0.4, 0.5) is 0 Å². The van der Waals surface area contributed by atoms with Crippen molar-refractivity contribution in [1.29, 1.82) is 0 Å². The van der Waals surface area contributed by atoms with Crippen molar-refractivity contribution in [1.82, 2.24) is 15.8 Å². The Balaban J connectivity index is 1.98. The molecule has 0 spiro atoms. The number of carbonyl (C=O) groups is 2. The van der Waals surface area contributed by atoms with E-state index in [1.165, 1.54) is 30.5 Å². The zero-order valence-electron chi connectivity index (χ0n) is 10.1. The number of amides is 2. The van der Waals surface area contributed by atoms with Gasteiger partial charge in [-0.15, -0.1) is 0 Å². The van der Waals surface area contributed by atoms with Crippen LogP contribution in [0.25, 0.3) is 0 Å². The molecule has 2 aromatic rings. The lowest BCUT2D eigenvalue weighted by Gasteiger charge is -2.07. The van der Waals surface area contributed by atoms with Gasteiger partial charge < -0.3 is 0 Å². The Morgan fingerprint density at radius 2 is 1.70 bits per heavy atom. The van der Waals surface area contributed by atoms with E-state index in [1.807, 2.05) is 0 Å². The summed E-state index contributed by atoms with van der Waals surface area (Å²) in [5.74, 6) is -1.02. The summed E-state index contributed by atoms with van der Waals surface area (Å²) in [5, 5.41) is 0.608. The van der Waals surface area contributed by atoms with Gasteiger partial charge in [0.25, 0.3) is 11.8 Å². The molecule has 1 aromatic heterocycles. The average Bonchev–Trinajstić information content (AvgIpc) is 2.48. The maximum absolute atomic E-state index is 11.8. The Kier molecular flexibility index (Phi) is 4.55. The maximum atomic E-state index is 11.8. The molecule has 0 aliphatic rings. The molecule has 0 atom stereocenters. The van der Waals surface area contributed by atoms with Crippen LogP contribution < -0.4 is 10.9 Å². The summed E-state index contributed by atoms with van der Waals surface area (Å²) < 4.78 is 0. The molecule has 1 aromatic carbocycles. The van der Waals surface area contributed by atoms with Crippen molar-refractivity contribution in [2.24, 2.45) is 0 Å². The molecule has 1 heterocycles. The molecule has 0 bridgehead atoms. The van der Waals surface area contributed by atoms with Crippen LogP contribution in [0.3, 0.4) is 0 Å². The van der Waals surface area contributed by atoms with E-state index >= 15 is 0 Å². The highest BCUT2D eigenvalue weighted by molar-refractivity contribution is 6.42. The van der Waals surface area contributed by atoms with E-state index in [0.717, 1.165) is 0 Å². The van der Waals surface area contributed by atoms with Crippen LogP contribution in [0.2, 0.25) is 10.0 Å². The molecule has 20 heavy (non-hydrogen) atoms. The highest BCUT2D eigenvalue weighted by Crippen LogP contribution is 2.22. The Bertz CT molecular complexity index is 647. The number of carbonyl (C=O) groups excluding carboxylic acids is 2. The van der Waals surface area contributed by atoms with Gasteiger partial charge in [0.15, 0.2) is 0 Å². The summed E-state index contributed by atoms with van der Waals surface area (Å²) in [6, 6.07) is 9.29. The second-order valence-corrected chi connectivity index (χ2v) is 4.57. The molecule has 5 nitrogen and oxygen atoms in total. The van der Waals surface area contributed by atoms with Gasteiger partial charge in [-0.2, -0.15) is 0 Å². The minimum Gasteiger partial charge on any atom is -0.267 e. The van der Waals surface area contributed by atoms with Gasteiger partial charge in [-0.05, 0) is 30.3 Å². The molecule has 0 fully saturated rings. The molecule has 2 rings (SSSR count). The number of hydrogen-bond donors (Lipinski definition) is 2. The van der Waals surface area contributed by atoms with E-state index in [4.69, 9.17) is 23.2 Å². The van der Waals surface area contributed by atoms with E-state index < -0.39 is 11.8 Å². The van der Waals surface area contributed by atoms with Gasteiger partial charge in [0, 0.05) is 11.8 Å². The molecule has 102 valence electrons. The Morgan fingerprint density at radius 1 is 0.950 bits per heavy atom. The van der Waals surface area contributed by atoms with Gasteiger partial charge in [-0.3, -0.25) is 25.4 Å². The van der Waals surface area contributed by atoms with E-state index in [-0.39, 0.29) is 16.3 Å². The third-order valence-electron chi connectivity index (χ3n) is 2.37. The van der Waals surface area contributed by atoms with Crippen molar-refractivity contribution >= 4 is 35.0 Å². The number of nitrogens with one attached hydrogen (secondary N) is 2. The average molecular weight is 310 g/mol. The SMILES string of the molecule is O=C(NNC(=O)c1ccccn1)c1ccc(Cl)c(Cl)c1. The summed E-state index contributed by atoms with van der Waals surface area (Å²) in [4.78, 5) is 27.3. The number of benzene rings is 1. The Labute approximate surface area is 124 Å². The fraction of sp³-hybridized carbons (Fsp3) is 0. The first-order valence-electron chi connectivity index (χ1n) is 5.54. The van der Waals surface area contributed by atoms with Gasteiger partial charge in [0.2, 0.25) is 0 Å². The van der Waals surface area contributed by atoms with Gasteiger partial charge in [-0.25, -0.2) is 0 Å². The van der Waals surface area contributed by atoms with Crippen molar-refractivity contribution in [2.45, 2.75) is 0 Å². The zero-order valence-corrected chi connectivity index (χ0v) is 11.6. The number of hydrazine groups is 1. The smallest absolute Gasteiger partial charge is 0.267 e. The van der Waals surface area contributed by atoms with E-state index in [1.54, 1.807) is 12.1 Å². The van der Waals surface area contributed by atoms with Crippen LogP contribution in [0.5, 0.6) is 0 Å². The topological polar surface area (TPSA) is 71.1 Å². The summed E-state index contributed by atoms with van der Waals surface area (Å²) in [6.45, 7) is 0. The molecule has 7 heteroatoms. The predicted octanol–water partition coefficient (Wildman–Crippen LogP) is 2.46. The molecular formula is C13H9Cl2N3O2. The van der Waals surface area contributed by atoms with Crippen molar-refractivity contribution in [3.05, 3.63) is 63.9 Å². The quantitative estimate of drug-likeness (QED) is 0.837. The number of halogens is 2. The first-order valence-corrected chi connectivity index (χ1v) is 6.30. The van der Waals surface area contributed by atoms with Crippen LogP contribution in [0, 0.1) is 0 Å². The summed E-state index contributed by atoms with van der Waals surface area (Å²) >= 11 is 11.6. The Hall–Kier alpha value is -2.11. The van der Waals surface area contributed by atoms with Gasteiger partial charge in [0.05, 0.1) is 10.0 Å². The van der Waals surface area contributed by atoms with Crippen LogP contribution in [0.15, 0.2) is 42.6 Å². The van der Waals surface area contributed by atoms with E-state index in [9.17, 15) is 9.59 Å². The maximum Gasteiger partial charge on any atom is 0.288 e. The Morgan fingerprint density at radius 3 is 2.35 bits per heavy atom. The monoisotopic (exact) mass is 309 g/mol. The number of rotatable bonds is 2. The number of hydrogen-bond acceptors (Lipinski definition) is 3. The van der Waals surface area contributed by atoms with Crippen LogP contribution in [-0.4, -0.2) is 16.8 Å². The van der Waals surface area contributed by atoms with Gasteiger partial charge in [-0.1, -0.05) is 29.3 Å². The minimum atomic E-state index is -0.515. The molecule has 0 radical (unpaired) electrons. The fourth-order valence-electron chi connectivity index (χ4n) is 1.38. The normalized spacial score (nSPS) is 9.90. The number of pyridine rings is 1. The lowest BCUT2D eigenvalue weighted by molar-refractivity contribution is 0.0844. The molecule has 0 unspecified atom stereocenters. The highest BCUT2D eigenvalue weighted by Gasteiger charge is 2.10. The molecule has 0 aliphatic carbocycles. The molecule has 0 aliphatic heterocycles. The van der Waals surface area contributed by atoms with Crippen molar-refractivity contribution < 1.29 is 9.59 Å². The fourth-order valence-corrected chi connectivity index (χ4v) is 1.68. The molecule has 0 saturated carbocycles. The number of nitrogens with zero attached hydrogens (tertiary/aromatic N) is 1. The van der Waals surface area contributed by atoms with Crippen molar-refractivity contribution in [3.63, 3.8) is 0 Å². The lowest BCUT2D eigenvalue weighted by Crippen LogP contribution is -2.41. The number of aromatic nitrogens is 1. The predicted molar refractivity (Wildman–Crippen MR) is 75.6 cm³/mol. The molecule has 2 N–H and O–H groups in total. The highest BCUT2D eigenvalue weighted by atomic mass is 35.5. The zero-order chi connectivity index (χ0) is 14.5. The first kappa shape index (κ1) is 14.3. The summed E-state index contributed by atoms with van der Waals surface area (Å²) in [5.41, 5.74) is 4.99. The van der Waals surface area contributed by atoms with Gasteiger partial charge >= 0.3 is 0 Å². The van der Waals surface area contributed by atoms with Crippen LogP contribution in [0.1, 0.15) is 20.8 Å². The first-order chi connectivity index (χ1) is 9.58.